The van der Waals surface area contributed by atoms with E-state index in [1.165, 1.54) is 0 Å². The lowest BCUT2D eigenvalue weighted by Gasteiger charge is -2.30. The summed E-state index contributed by atoms with van der Waals surface area (Å²) in [7, 11) is 5.03. The molecule has 1 fully saturated rings. The van der Waals surface area contributed by atoms with Crippen LogP contribution in [0.3, 0.4) is 0 Å². The molecule has 1 aliphatic heterocycles. The molecule has 1 aromatic heterocycles. The summed E-state index contributed by atoms with van der Waals surface area (Å²) in [6, 6.07) is 5.68. The van der Waals surface area contributed by atoms with Gasteiger partial charge < -0.3 is 18.6 Å². The second-order valence-electron chi connectivity index (χ2n) is 6.30. The number of benzene rings is 1. The minimum atomic E-state index is 0.386. The van der Waals surface area contributed by atoms with E-state index in [9.17, 15) is 0 Å². The molecule has 136 valence electrons. The van der Waals surface area contributed by atoms with Gasteiger partial charge in [-0.3, -0.25) is 4.90 Å². The Hall–Kier alpha value is -2.05. The molecule has 1 saturated heterocycles. The molecular formula is C19H26N2O4. The Morgan fingerprint density at radius 1 is 1.12 bits per heavy atom. The van der Waals surface area contributed by atoms with Crippen LogP contribution in [0.1, 0.15) is 24.3 Å². The summed E-state index contributed by atoms with van der Waals surface area (Å²) in [5.74, 6) is 2.83. The summed E-state index contributed by atoms with van der Waals surface area (Å²) in [4.78, 5) is 7.11. The second kappa shape index (κ2) is 7.89. The van der Waals surface area contributed by atoms with Gasteiger partial charge >= 0.3 is 0 Å². The third-order valence-electron chi connectivity index (χ3n) is 4.76. The number of aromatic nitrogens is 1. The van der Waals surface area contributed by atoms with E-state index in [2.05, 4.69) is 4.90 Å². The molecular weight excluding hydrogens is 320 g/mol. The summed E-state index contributed by atoms with van der Waals surface area (Å²) in [5.41, 5.74) is 1.87. The van der Waals surface area contributed by atoms with Gasteiger partial charge in [-0.05, 0) is 38.0 Å². The van der Waals surface area contributed by atoms with Crippen LogP contribution < -0.4 is 9.47 Å². The molecule has 0 amide bonds. The standard InChI is InChI=1S/C19H26N2O4/c1-13-16(12-21-9-7-15(22-2)8-10-21)20-19(25-13)14-5-6-17(23-3)18(11-14)24-4/h5-6,11,15H,7-10,12H2,1-4H3. The third-order valence-corrected chi connectivity index (χ3v) is 4.76. The van der Waals surface area contributed by atoms with Crippen LogP contribution in [-0.2, 0) is 11.3 Å². The smallest absolute Gasteiger partial charge is 0.226 e. The summed E-state index contributed by atoms with van der Waals surface area (Å²) < 4.78 is 22.0. The second-order valence-corrected chi connectivity index (χ2v) is 6.30. The van der Waals surface area contributed by atoms with Gasteiger partial charge in [-0.2, -0.15) is 0 Å². The summed E-state index contributed by atoms with van der Waals surface area (Å²) in [5, 5.41) is 0. The lowest BCUT2D eigenvalue weighted by molar-refractivity contribution is 0.0384. The molecule has 3 rings (SSSR count). The molecule has 25 heavy (non-hydrogen) atoms. The van der Waals surface area contributed by atoms with Gasteiger partial charge in [0.25, 0.3) is 0 Å². The zero-order valence-electron chi connectivity index (χ0n) is 15.4. The minimum Gasteiger partial charge on any atom is -0.493 e. The number of oxazole rings is 1. The largest absolute Gasteiger partial charge is 0.493 e. The fourth-order valence-corrected chi connectivity index (χ4v) is 3.18. The Morgan fingerprint density at radius 3 is 2.48 bits per heavy atom. The number of methoxy groups -OCH3 is 3. The van der Waals surface area contributed by atoms with Crippen LogP contribution in [0.15, 0.2) is 22.6 Å². The monoisotopic (exact) mass is 346 g/mol. The molecule has 0 spiro atoms. The van der Waals surface area contributed by atoms with Crippen LogP contribution in [0.4, 0.5) is 0 Å². The first-order valence-corrected chi connectivity index (χ1v) is 8.58. The van der Waals surface area contributed by atoms with Gasteiger partial charge in [-0.25, -0.2) is 4.98 Å². The number of hydrogen-bond acceptors (Lipinski definition) is 6. The number of rotatable bonds is 6. The lowest BCUT2D eigenvalue weighted by atomic mass is 10.1. The Kier molecular flexibility index (Phi) is 5.60. The highest BCUT2D eigenvalue weighted by atomic mass is 16.5. The topological polar surface area (TPSA) is 57.0 Å². The maximum atomic E-state index is 5.90. The molecule has 2 heterocycles. The van der Waals surface area contributed by atoms with Crippen LogP contribution in [0.2, 0.25) is 0 Å². The summed E-state index contributed by atoms with van der Waals surface area (Å²) in [6.45, 7) is 4.82. The molecule has 0 atom stereocenters. The van der Waals surface area contributed by atoms with Gasteiger partial charge in [0.15, 0.2) is 11.5 Å². The van der Waals surface area contributed by atoms with Crippen molar-refractivity contribution in [1.82, 2.24) is 9.88 Å². The Bertz CT molecular complexity index is 705. The van der Waals surface area contributed by atoms with Crippen molar-refractivity contribution in [2.75, 3.05) is 34.4 Å². The zero-order chi connectivity index (χ0) is 17.8. The van der Waals surface area contributed by atoms with Gasteiger partial charge in [-0.1, -0.05) is 0 Å². The van der Waals surface area contributed by atoms with Crippen molar-refractivity contribution in [3.63, 3.8) is 0 Å². The van der Waals surface area contributed by atoms with Crippen LogP contribution in [-0.4, -0.2) is 50.4 Å². The number of aryl methyl sites for hydroxylation is 1. The number of hydrogen-bond donors (Lipinski definition) is 0. The highest BCUT2D eigenvalue weighted by molar-refractivity contribution is 5.60. The number of piperidine rings is 1. The van der Waals surface area contributed by atoms with Crippen molar-refractivity contribution in [2.45, 2.75) is 32.4 Å². The van der Waals surface area contributed by atoms with E-state index in [1.807, 2.05) is 25.1 Å². The predicted octanol–water partition coefficient (Wildman–Crippen LogP) is 3.28. The molecule has 0 N–H and O–H groups in total. The Morgan fingerprint density at radius 2 is 1.84 bits per heavy atom. The summed E-state index contributed by atoms with van der Waals surface area (Å²) >= 11 is 0. The van der Waals surface area contributed by atoms with Crippen LogP contribution in [0, 0.1) is 6.92 Å². The first-order chi connectivity index (χ1) is 12.1. The minimum absolute atomic E-state index is 0.386. The SMILES string of the molecule is COc1ccc(-c2nc(CN3CCC(OC)CC3)c(C)o2)cc1OC. The average Bonchev–Trinajstić information content (AvgIpc) is 3.02. The van der Waals surface area contributed by atoms with Crippen molar-refractivity contribution in [3.05, 3.63) is 29.7 Å². The van der Waals surface area contributed by atoms with Crippen molar-refractivity contribution >= 4 is 0 Å². The quantitative estimate of drug-likeness (QED) is 0.800. The number of likely N-dealkylation sites (tertiary alicyclic amines) is 1. The van der Waals surface area contributed by atoms with Crippen LogP contribution in [0.25, 0.3) is 11.5 Å². The van der Waals surface area contributed by atoms with E-state index in [0.29, 0.717) is 23.5 Å². The highest BCUT2D eigenvalue weighted by Crippen LogP contribution is 2.32. The Balaban J connectivity index is 1.74. The van der Waals surface area contributed by atoms with E-state index in [1.54, 1.807) is 21.3 Å². The van der Waals surface area contributed by atoms with Crippen molar-refractivity contribution in [2.24, 2.45) is 0 Å². The molecule has 0 saturated carbocycles. The molecule has 0 aliphatic carbocycles. The first kappa shape index (κ1) is 17.8. The molecule has 0 bridgehead atoms. The zero-order valence-corrected chi connectivity index (χ0v) is 15.4. The van der Waals surface area contributed by atoms with E-state index < -0.39 is 0 Å². The molecule has 1 aliphatic rings. The number of nitrogens with zero attached hydrogens (tertiary/aromatic N) is 2. The van der Waals surface area contributed by atoms with Gasteiger partial charge in [0.2, 0.25) is 5.89 Å². The fraction of sp³-hybridized carbons (Fsp3) is 0.526. The summed E-state index contributed by atoms with van der Waals surface area (Å²) in [6.07, 6.45) is 2.52. The van der Waals surface area contributed by atoms with Gasteiger partial charge in [0.05, 0.1) is 26.0 Å². The van der Waals surface area contributed by atoms with Gasteiger partial charge in [-0.15, -0.1) is 0 Å². The van der Waals surface area contributed by atoms with Gasteiger partial charge in [0, 0.05) is 32.3 Å². The molecule has 2 aromatic rings. The fourth-order valence-electron chi connectivity index (χ4n) is 3.18. The maximum Gasteiger partial charge on any atom is 0.226 e. The molecule has 1 aromatic carbocycles. The van der Waals surface area contributed by atoms with Gasteiger partial charge in [0.1, 0.15) is 5.76 Å². The Labute approximate surface area is 148 Å². The van der Waals surface area contributed by atoms with E-state index in [0.717, 1.165) is 49.5 Å². The van der Waals surface area contributed by atoms with E-state index >= 15 is 0 Å². The maximum absolute atomic E-state index is 5.90. The molecule has 0 radical (unpaired) electrons. The third kappa shape index (κ3) is 3.96. The van der Waals surface area contributed by atoms with E-state index in [4.69, 9.17) is 23.6 Å². The highest BCUT2D eigenvalue weighted by Gasteiger charge is 2.21. The normalized spacial score (nSPS) is 16.2. The van der Waals surface area contributed by atoms with Crippen LogP contribution >= 0.6 is 0 Å². The molecule has 0 unspecified atom stereocenters. The van der Waals surface area contributed by atoms with Crippen molar-refractivity contribution < 1.29 is 18.6 Å². The van der Waals surface area contributed by atoms with E-state index in [-0.39, 0.29) is 0 Å². The average molecular weight is 346 g/mol. The predicted molar refractivity (Wildman–Crippen MR) is 95.1 cm³/mol. The molecule has 6 nitrogen and oxygen atoms in total. The number of ether oxygens (including phenoxy) is 3. The lowest BCUT2D eigenvalue weighted by Crippen LogP contribution is -2.36. The van der Waals surface area contributed by atoms with Crippen LogP contribution in [0.5, 0.6) is 11.5 Å². The van der Waals surface area contributed by atoms with Crippen molar-refractivity contribution in [3.8, 4) is 23.0 Å². The van der Waals surface area contributed by atoms with Crippen molar-refractivity contribution in [1.29, 1.82) is 0 Å². The first-order valence-electron chi connectivity index (χ1n) is 8.58. The molecule has 6 heteroatoms.